The average molecular weight is 291 g/mol. The van der Waals surface area contributed by atoms with Crippen molar-refractivity contribution < 1.29 is 0 Å². The minimum Gasteiger partial charge on any atom is -0.0803 e. The molecule has 90 valence electrons. The molecule has 0 saturated heterocycles. The van der Waals surface area contributed by atoms with Crippen LogP contribution in [0.3, 0.4) is 0 Å². The normalized spacial score (nSPS) is 18.8. The summed E-state index contributed by atoms with van der Waals surface area (Å²) < 4.78 is 1.16. The number of benzene rings is 1. The van der Waals surface area contributed by atoms with Gasteiger partial charge in [0.05, 0.1) is 0 Å². The molecule has 17 heavy (non-hydrogen) atoms. The topological polar surface area (TPSA) is 0 Å². The molecule has 0 radical (unpaired) electrons. The second-order valence-corrected chi connectivity index (χ2v) is 5.61. The van der Waals surface area contributed by atoms with Crippen molar-refractivity contribution in [1.82, 2.24) is 0 Å². The second kappa shape index (κ2) is 6.80. The van der Waals surface area contributed by atoms with E-state index < -0.39 is 0 Å². The fourth-order valence-corrected chi connectivity index (χ4v) is 2.73. The third kappa shape index (κ3) is 4.51. The van der Waals surface area contributed by atoms with Gasteiger partial charge < -0.3 is 0 Å². The predicted octanol–water partition coefficient (Wildman–Crippen LogP) is 5.56. The van der Waals surface area contributed by atoms with Crippen LogP contribution in [0.2, 0.25) is 0 Å². The van der Waals surface area contributed by atoms with E-state index in [0.29, 0.717) is 0 Å². The van der Waals surface area contributed by atoms with Crippen LogP contribution in [0.25, 0.3) is 6.08 Å². The zero-order valence-electron chi connectivity index (χ0n) is 10.1. The summed E-state index contributed by atoms with van der Waals surface area (Å²) in [5, 5.41) is 0. The van der Waals surface area contributed by atoms with Crippen LogP contribution in [0.4, 0.5) is 0 Å². The Morgan fingerprint density at radius 2 is 1.76 bits per heavy atom. The molecule has 0 atom stereocenters. The van der Waals surface area contributed by atoms with Gasteiger partial charge in [-0.1, -0.05) is 77.7 Å². The number of allylic oxidation sites excluding steroid dienone is 3. The summed E-state index contributed by atoms with van der Waals surface area (Å²) >= 11 is 3.62. The smallest absolute Gasteiger partial charge is 0.0178 e. The molecule has 0 unspecified atom stereocenters. The molecule has 2 rings (SSSR count). The lowest BCUT2D eigenvalue weighted by Crippen LogP contribution is -2.02. The second-order valence-electron chi connectivity index (χ2n) is 4.70. The number of halogens is 1. The van der Waals surface area contributed by atoms with Crippen molar-refractivity contribution >= 4 is 22.0 Å². The highest BCUT2D eigenvalue weighted by molar-refractivity contribution is 9.12. The number of rotatable bonds is 3. The first kappa shape index (κ1) is 12.6. The summed E-state index contributed by atoms with van der Waals surface area (Å²) in [5.74, 6) is 0.792. The minimum absolute atomic E-state index is 0.792. The molecule has 0 aliphatic heterocycles. The Kier molecular flexibility index (Phi) is 5.06. The summed E-state index contributed by atoms with van der Waals surface area (Å²) in [6.45, 7) is 0. The summed E-state index contributed by atoms with van der Waals surface area (Å²) in [7, 11) is 0. The van der Waals surface area contributed by atoms with Gasteiger partial charge in [0, 0.05) is 4.48 Å². The SMILES string of the molecule is BrC(/C=C\C1CCCCC1)=C/c1ccccc1. The van der Waals surface area contributed by atoms with Crippen molar-refractivity contribution in [3.63, 3.8) is 0 Å². The van der Waals surface area contributed by atoms with Crippen LogP contribution in [0.15, 0.2) is 47.0 Å². The van der Waals surface area contributed by atoms with Gasteiger partial charge >= 0.3 is 0 Å². The molecule has 1 fully saturated rings. The van der Waals surface area contributed by atoms with Crippen molar-refractivity contribution in [3.05, 3.63) is 52.5 Å². The number of hydrogen-bond donors (Lipinski definition) is 0. The predicted molar refractivity (Wildman–Crippen MR) is 79.1 cm³/mol. The molecule has 0 bridgehead atoms. The maximum atomic E-state index is 3.62. The molecule has 1 aromatic rings. The molecule has 1 aliphatic rings. The molecule has 1 heteroatoms. The molecule has 0 spiro atoms. The van der Waals surface area contributed by atoms with Crippen LogP contribution in [0.1, 0.15) is 37.7 Å². The monoisotopic (exact) mass is 290 g/mol. The van der Waals surface area contributed by atoms with E-state index in [1.54, 1.807) is 0 Å². The van der Waals surface area contributed by atoms with Crippen LogP contribution < -0.4 is 0 Å². The van der Waals surface area contributed by atoms with E-state index in [-0.39, 0.29) is 0 Å². The highest BCUT2D eigenvalue weighted by Gasteiger charge is 2.09. The molecule has 0 aromatic heterocycles. The molecule has 0 heterocycles. The highest BCUT2D eigenvalue weighted by atomic mass is 79.9. The molecule has 1 aromatic carbocycles. The summed E-state index contributed by atoms with van der Waals surface area (Å²) in [6, 6.07) is 10.4. The van der Waals surface area contributed by atoms with Gasteiger partial charge in [-0.25, -0.2) is 0 Å². The van der Waals surface area contributed by atoms with Crippen molar-refractivity contribution in [3.8, 4) is 0 Å². The fraction of sp³-hybridized carbons (Fsp3) is 0.375. The maximum Gasteiger partial charge on any atom is 0.0178 e. The van der Waals surface area contributed by atoms with E-state index in [9.17, 15) is 0 Å². The zero-order chi connectivity index (χ0) is 11.9. The summed E-state index contributed by atoms with van der Waals surface area (Å²) in [4.78, 5) is 0. The van der Waals surface area contributed by atoms with E-state index in [0.717, 1.165) is 10.4 Å². The summed E-state index contributed by atoms with van der Waals surface area (Å²) in [6.07, 6.45) is 13.7. The zero-order valence-corrected chi connectivity index (χ0v) is 11.7. The molecule has 0 amide bonds. The first-order valence-electron chi connectivity index (χ1n) is 6.45. The summed E-state index contributed by atoms with van der Waals surface area (Å²) in [5.41, 5.74) is 1.24. The van der Waals surface area contributed by atoms with Crippen LogP contribution >= 0.6 is 15.9 Å². The van der Waals surface area contributed by atoms with Crippen LogP contribution in [-0.2, 0) is 0 Å². The standard InChI is InChI=1S/C16H19Br/c17-16(13-15-9-5-2-6-10-15)12-11-14-7-3-1-4-8-14/h2,5-6,9-14H,1,3-4,7-8H2/b12-11-,16-13+. The van der Waals surface area contributed by atoms with Gasteiger partial charge in [-0.3, -0.25) is 0 Å². The maximum absolute atomic E-state index is 3.62. The molecular weight excluding hydrogens is 272 g/mol. The molecule has 0 nitrogen and oxygen atoms in total. The quantitative estimate of drug-likeness (QED) is 0.640. The third-order valence-corrected chi connectivity index (χ3v) is 3.77. The molecule has 1 aliphatic carbocycles. The van der Waals surface area contributed by atoms with Gasteiger partial charge in [0.25, 0.3) is 0 Å². The van der Waals surface area contributed by atoms with E-state index in [2.05, 4.69) is 58.4 Å². The first-order valence-corrected chi connectivity index (χ1v) is 7.24. The average Bonchev–Trinajstić information content (AvgIpc) is 2.39. The fourth-order valence-electron chi connectivity index (χ4n) is 2.31. The van der Waals surface area contributed by atoms with E-state index >= 15 is 0 Å². The molecule has 0 N–H and O–H groups in total. The van der Waals surface area contributed by atoms with Crippen molar-refractivity contribution in [2.45, 2.75) is 32.1 Å². The van der Waals surface area contributed by atoms with E-state index in [4.69, 9.17) is 0 Å². The van der Waals surface area contributed by atoms with Gasteiger partial charge in [0.1, 0.15) is 0 Å². The molecule has 1 saturated carbocycles. The van der Waals surface area contributed by atoms with Crippen molar-refractivity contribution in [1.29, 1.82) is 0 Å². The molecular formula is C16H19Br. The van der Waals surface area contributed by atoms with Gasteiger partial charge in [0.2, 0.25) is 0 Å². The van der Waals surface area contributed by atoms with Crippen molar-refractivity contribution in [2.24, 2.45) is 5.92 Å². The van der Waals surface area contributed by atoms with E-state index in [1.165, 1.54) is 37.7 Å². The van der Waals surface area contributed by atoms with Crippen LogP contribution in [0.5, 0.6) is 0 Å². The van der Waals surface area contributed by atoms with Gasteiger partial charge in [-0.05, 0) is 30.4 Å². The largest absolute Gasteiger partial charge is 0.0803 e. The van der Waals surface area contributed by atoms with E-state index in [1.807, 2.05) is 6.07 Å². The van der Waals surface area contributed by atoms with Crippen molar-refractivity contribution in [2.75, 3.05) is 0 Å². The lowest BCUT2D eigenvalue weighted by molar-refractivity contribution is 0.419. The first-order chi connectivity index (χ1) is 8.34. The Labute approximate surface area is 113 Å². The minimum atomic E-state index is 0.792. The van der Waals surface area contributed by atoms with Crippen LogP contribution in [0, 0.1) is 5.92 Å². The Bertz CT molecular complexity index is 383. The highest BCUT2D eigenvalue weighted by Crippen LogP contribution is 2.25. The van der Waals surface area contributed by atoms with Gasteiger partial charge in [-0.2, -0.15) is 0 Å². The lowest BCUT2D eigenvalue weighted by atomic mass is 9.89. The Morgan fingerprint density at radius 1 is 1.06 bits per heavy atom. The van der Waals surface area contributed by atoms with Gasteiger partial charge in [-0.15, -0.1) is 0 Å². The Balaban J connectivity index is 1.93. The van der Waals surface area contributed by atoms with Crippen LogP contribution in [-0.4, -0.2) is 0 Å². The van der Waals surface area contributed by atoms with Gasteiger partial charge in [0.15, 0.2) is 0 Å². The third-order valence-electron chi connectivity index (χ3n) is 3.28. The Morgan fingerprint density at radius 3 is 2.47 bits per heavy atom. The number of hydrogen-bond acceptors (Lipinski definition) is 0. The lowest BCUT2D eigenvalue weighted by Gasteiger charge is -2.17. The Hall–Kier alpha value is -0.820.